The van der Waals surface area contributed by atoms with E-state index in [1.807, 2.05) is 25.1 Å². The Bertz CT molecular complexity index is 362. The smallest absolute Gasteiger partial charge is 0.308 e. The number of carbonyl (C=O) groups is 1. The van der Waals surface area contributed by atoms with Crippen LogP contribution in [0.3, 0.4) is 0 Å². The Kier molecular flexibility index (Phi) is 2.50. The Morgan fingerprint density at radius 3 is 2.86 bits per heavy atom. The Morgan fingerprint density at radius 1 is 1.57 bits per heavy atom. The van der Waals surface area contributed by atoms with Crippen molar-refractivity contribution in [1.29, 1.82) is 0 Å². The number of aliphatic carboxylic acids is 1. The molecular weight excluding hydrogens is 196 g/mol. The van der Waals surface area contributed by atoms with Crippen LogP contribution in [-0.2, 0) is 4.79 Å². The SMILES string of the molecule is Cc1cccc(C2SCC2C(=O)O)c1. The molecule has 2 rings (SSSR count). The number of carboxylic acids is 1. The first-order valence-electron chi connectivity index (χ1n) is 4.59. The maximum absolute atomic E-state index is 10.8. The van der Waals surface area contributed by atoms with Crippen LogP contribution in [0.15, 0.2) is 24.3 Å². The van der Waals surface area contributed by atoms with E-state index in [1.165, 1.54) is 5.56 Å². The van der Waals surface area contributed by atoms with Gasteiger partial charge in [-0.05, 0) is 12.5 Å². The number of rotatable bonds is 2. The Balaban J connectivity index is 2.20. The number of benzene rings is 1. The van der Waals surface area contributed by atoms with Crippen LogP contribution in [0, 0.1) is 12.8 Å². The maximum Gasteiger partial charge on any atom is 0.308 e. The highest BCUT2D eigenvalue weighted by atomic mass is 32.2. The molecule has 1 aromatic carbocycles. The molecule has 1 heterocycles. The number of thioether (sulfide) groups is 1. The fraction of sp³-hybridized carbons (Fsp3) is 0.364. The van der Waals surface area contributed by atoms with Gasteiger partial charge in [0.15, 0.2) is 0 Å². The largest absolute Gasteiger partial charge is 0.481 e. The molecular formula is C11H12O2S. The first-order chi connectivity index (χ1) is 6.68. The first kappa shape index (κ1) is 9.59. The van der Waals surface area contributed by atoms with E-state index in [1.54, 1.807) is 11.8 Å². The quantitative estimate of drug-likeness (QED) is 0.811. The van der Waals surface area contributed by atoms with Crippen LogP contribution in [-0.4, -0.2) is 16.8 Å². The Morgan fingerprint density at radius 2 is 2.36 bits per heavy atom. The van der Waals surface area contributed by atoms with Gasteiger partial charge in [-0.25, -0.2) is 0 Å². The summed E-state index contributed by atoms with van der Waals surface area (Å²) in [4.78, 5) is 10.8. The van der Waals surface area contributed by atoms with Crippen molar-refractivity contribution in [3.05, 3.63) is 35.4 Å². The zero-order valence-electron chi connectivity index (χ0n) is 7.93. The van der Waals surface area contributed by atoms with Crippen molar-refractivity contribution in [2.75, 3.05) is 5.75 Å². The van der Waals surface area contributed by atoms with E-state index in [2.05, 4.69) is 6.07 Å². The second-order valence-electron chi connectivity index (χ2n) is 3.61. The Hall–Kier alpha value is -0.960. The van der Waals surface area contributed by atoms with E-state index >= 15 is 0 Å². The van der Waals surface area contributed by atoms with Gasteiger partial charge in [-0.15, -0.1) is 0 Å². The van der Waals surface area contributed by atoms with Crippen molar-refractivity contribution in [2.45, 2.75) is 12.2 Å². The van der Waals surface area contributed by atoms with Gasteiger partial charge in [0.2, 0.25) is 0 Å². The van der Waals surface area contributed by atoms with E-state index in [0.717, 1.165) is 11.3 Å². The fourth-order valence-electron chi connectivity index (χ4n) is 1.67. The highest BCUT2D eigenvalue weighted by Gasteiger charge is 2.38. The molecule has 0 aromatic heterocycles. The van der Waals surface area contributed by atoms with Crippen molar-refractivity contribution in [3.8, 4) is 0 Å². The van der Waals surface area contributed by atoms with Crippen LogP contribution in [0.1, 0.15) is 16.4 Å². The van der Waals surface area contributed by atoms with Crippen molar-refractivity contribution < 1.29 is 9.90 Å². The normalized spacial score (nSPS) is 25.5. The highest BCUT2D eigenvalue weighted by Crippen LogP contribution is 2.47. The van der Waals surface area contributed by atoms with Crippen molar-refractivity contribution >= 4 is 17.7 Å². The molecule has 1 aromatic rings. The van der Waals surface area contributed by atoms with E-state index in [0.29, 0.717) is 0 Å². The first-order valence-corrected chi connectivity index (χ1v) is 5.64. The molecule has 1 aliphatic rings. The summed E-state index contributed by atoms with van der Waals surface area (Å²) in [6.07, 6.45) is 0. The predicted molar refractivity (Wildman–Crippen MR) is 57.5 cm³/mol. The van der Waals surface area contributed by atoms with Crippen LogP contribution in [0.25, 0.3) is 0 Å². The van der Waals surface area contributed by atoms with Gasteiger partial charge in [-0.3, -0.25) is 4.79 Å². The molecule has 2 unspecified atom stereocenters. The molecule has 0 spiro atoms. The van der Waals surface area contributed by atoms with Gasteiger partial charge in [0.25, 0.3) is 0 Å². The van der Waals surface area contributed by atoms with Crippen LogP contribution in [0.5, 0.6) is 0 Å². The number of hydrogen-bond donors (Lipinski definition) is 1. The molecule has 2 atom stereocenters. The summed E-state index contributed by atoms with van der Waals surface area (Å²) in [5.41, 5.74) is 2.34. The monoisotopic (exact) mass is 208 g/mol. The van der Waals surface area contributed by atoms with Gasteiger partial charge in [0, 0.05) is 11.0 Å². The second-order valence-corrected chi connectivity index (χ2v) is 4.79. The summed E-state index contributed by atoms with van der Waals surface area (Å²) in [6.45, 7) is 2.03. The minimum atomic E-state index is -0.671. The van der Waals surface area contributed by atoms with Crippen LogP contribution in [0.2, 0.25) is 0 Å². The van der Waals surface area contributed by atoms with E-state index in [4.69, 9.17) is 5.11 Å². The van der Waals surface area contributed by atoms with Crippen LogP contribution in [0.4, 0.5) is 0 Å². The number of hydrogen-bond acceptors (Lipinski definition) is 2. The molecule has 3 heteroatoms. The second kappa shape index (κ2) is 3.65. The average Bonchev–Trinajstić information content (AvgIpc) is 2.00. The molecule has 1 N–H and O–H groups in total. The lowest BCUT2D eigenvalue weighted by atomic mass is 9.98. The number of aryl methyl sites for hydroxylation is 1. The van der Waals surface area contributed by atoms with Gasteiger partial charge in [-0.2, -0.15) is 11.8 Å². The third kappa shape index (κ3) is 1.64. The molecule has 1 fully saturated rings. The molecule has 2 nitrogen and oxygen atoms in total. The maximum atomic E-state index is 10.8. The van der Waals surface area contributed by atoms with E-state index in [-0.39, 0.29) is 11.2 Å². The van der Waals surface area contributed by atoms with Crippen molar-refractivity contribution in [1.82, 2.24) is 0 Å². The lowest BCUT2D eigenvalue weighted by Gasteiger charge is -2.33. The molecule has 0 bridgehead atoms. The van der Waals surface area contributed by atoms with E-state index < -0.39 is 5.97 Å². The topological polar surface area (TPSA) is 37.3 Å². The molecule has 0 aliphatic carbocycles. The predicted octanol–water partition coefficient (Wildman–Crippen LogP) is 2.48. The summed E-state index contributed by atoms with van der Waals surface area (Å²) >= 11 is 1.72. The third-order valence-electron chi connectivity index (χ3n) is 2.51. The van der Waals surface area contributed by atoms with Gasteiger partial charge in [0.05, 0.1) is 5.92 Å². The molecule has 1 aliphatic heterocycles. The lowest BCUT2D eigenvalue weighted by Crippen LogP contribution is -2.30. The van der Waals surface area contributed by atoms with Gasteiger partial charge < -0.3 is 5.11 Å². The lowest BCUT2D eigenvalue weighted by molar-refractivity contribution is -0.141. The van der Waals surface area contributed by atoms with Gasteiger partial charge in [0.1, 0.15) is 0 Å². The van der Waals surface area contributed by atoms with Gasteiger partial charge >= 0.3 is 5.97 Å². The van der Waals surface area contributed by atoms with Crippen LogP contribution >= 0.6 is 11.8 Å². The fourth-order valence-corrected chi connectivity index (χ4v) is 2.84. The summed E-state index contributed by atoms with van der Waals surface area (Å²) in [5, 5.41) is 9.08. The highest BCUT2D eigenvalue weighted by molar-refractivity contribution is 8.01. The molecule has 0 amide bonds. The molecule has 1 saturated heterocycles. The summed E-state index contributed by atoms with van der Waals surface area (Å²) < 4.78 is 0. The van der Waals surface area contributed by atoms with Crippen molar-refractivity contribution in [3.63, 3.8) is 0 Å². The van der Waals surface area contributed by atoms with Gasteiger partial charge in [-0.1, -0.05) is 29.8 Å². The molecule has 14 heavy (non-hydrogen) atoms. The zero-order chi connectivity index (χ0) is 10.1. The summed E-state index contributed by atoms with van der Waals surface area (Å²) in [6, 6.07) is 8.11. The molecule has 74 valence electrons. The van der Waals surface area contributed by atoms with E-state index in [9.17, 15) is 4.79 Å². The summed E-state index contributed by atoms with van der Waals surface area (Å²) in [5.74, 6) is -0.120. The van der Waals surface area contributed by atoms with Crippen LogP contribution < -0.4 is 0 Å². The number of carboxylic acid groups (broad SMARTS) is 1. The minimum Gasteiger partial charge on any atom is -0.481 e. The average molecular weight is 208 g/mol. The Labute approximate surface area is 87.3 Å². The third-order valence-corrected chi connectivity index (χ3v) is 4.02. The van der Waals surface area contributed by atoms with Crippen molar-refractivity contribution in [2.24, 2.45) is 5.92 Å². The standard InChI is InChI=1S/C11H12O2S/c1-7-3-2-4-8(5-7)10-9(6-14-10)11(12)13/h2-5,9-10H,6H2,1H3,(H,12,13). The zero-order valence-corrected chi connectivity index (χ0v) is 8.75. The molecule has 0 radical (unpaired) electrons. The molecule has 0 saturated carbocycles. The minimum absolute atomic E-state index is 0.160. The summed E-state index contributed by atoms with van der Waals surface area (Å²) in [7, 11) is 0.